The Labute approximate surface area is 210 Å². The number of hydrogen-bond acceptors (Lipinski definition) is 11. The summed E-state index contributed by atoms with van der Waals surface area (Å²) >= 11 is 0. The normalized spacial score (nSPS) is 17.8. The quantitative estimate of drug-likeness (QED) is 0.152. The minimum atomic E-state index is -0.292. The van der Waals surface area contributed by atoms with E-state index in [1.807, 2.05) is 31.2 Å². The molecule has 11 nitrogen and oxygen atoms in total. The Hall–Kier alpha value is -3.25. The minimum Gasteiger partial charge on any atom is -0.501 e. The molecule has 193 valence electrons. The molecule has 1 aromatic heterocycles. The van der Waals surface area contributed by atoms with Crippen LogP contribution in [0.5, 0.6) is 0 Å². The second-order valence-corrected chi connectivity index (χ2v) is 6.93. The minimum absolute atomic E-state index is 0. The molecular formula is C22H34CoN5O6-. The molecule has 1 atom stereocenters. The van der Waals surface area contributed by atoms with Crippen LogP contribution in [0.4, 0.5) is 0 Å². The Kier molecular flexibility index (Phi) is 22.4. The van der Waals surface area contributed by atoms with E-state index in [1.54, 1.807) is 12.4 Å². The van der Waals surface area contributed by atoms with Crippen LogP contribution in [-0.2, 0) is 26.3 Å². The summed E-state index contributed by atoms with van der Waals surface area (Å²) in [5.74, 6) is -0.102. The topological polar surface area (TPSA) is 170 Å². The van der Waals surface area contributed by atoms with Crippen molar-refractivity contribution in [3.05, 3.63) is 42.7 Å². The first-order chi connectivity index (χ1) is 15.6. The predicted octanol–water partition coefficient (Wildman–Crippen LogP) is 4.16. The van der Waals surface area contributed by atoms with Crippen molar-refractivity contribution in [2.75, 3.05) is 7.11 Å². The van der Waals surface area contributed by atoms with Crippen LogP contribution in [0.15, 0.2) is 57.3 Å². The van der Waals surface area contributed by atoms with Crippen molar-refractivity contribution in [3.8, 4) is 0 Å². The van der Waals surface area contributed by atoms with E-state index >= 15 is 0 Å². The molecule has 0 spiro atoms. The fraction of sp³-hybridized carbons (Fsp3) is 0.455. The van der Waals surface area contributed by atoms with Crippen molar-refractivity contribution < 1.29 is 47.1 Å². The molecule has 1 unspecified atom stereocenters. The summed E-state index contributed by atoms with van der Waals surface area (Å²) in [5.41, 5.74) is 0.958. The number of pyridine rings is 1. The average molecular weight is 523 g/mol. The molecule has 0 fully saturated rings. The molecule has 0 amide bonds. The summed E-state index contributed by atoms with van der Waals surface area (Å²) in [7, 11) is 1.44. The predicted molar refractivity (Wildman–Crippen MR) is 126 cm³/mol. The Morgan fingerprint density at radius 2 is 1.29 bits per heavy atom. The largest absolute Gasteiger partial charge is 0.501 e. The number of allylic oxidation sites excluding steroid dienone is 2. The number of nitrogens with zero attached hydrogens (tertiary/aromatic N) is 5. The maximum atomic E-state index is 11.2. The van der Waals surface area contributed by atoms with Crippen molar-refractivity contribution in [1.82, 2.24) is 4.98 Å². The van der Waals surface area contributed by atoms with Crippen LogP contribution in [0.2, 0.25) is 0 Å². The molecule has 2 rings (SSSR count). The van der Waals surface area contributed by atoms with E-state index in [1.165, 1.54) is 34.8 Å². The number of rotatable bonds is 3. The third kappa shape index (κ3) is 16.4. The Bertz CT molecular complexity index is 738. The van der Waals surface area contributed by atoms with E-state index in [0.29, 0.717) is 22.8 Å². The van der Waals surface area contributed by atoms with Crippen molar-refractivity contribution in [1.29, 1.82) is 0 Å². The van der Waals surface area contributed by atoms with Crippen LogP contribution in [-0.4, -0.2) is 61.7 Å². The standard InChI is InChI=1S/C9H13O2.C5H5N.2C4H8N2O2.Co/c1-9(8(10)11-2)6-4-3-5-7-9;1-2-4-6-5-3-1;2*1-3(5-7)4(2)6-8;/h4H,5-7H2,1-2H3;1-5H;2*7-8H,1-2H3;/q-1;;;;/b;;2*5-3+,6-4+;. The van der Waals surface area contributed by atoms with E-state index in [0.717, 1.165) is 19.3 Å². The molecule has 1 radical (unpaired) electrons. The molecule has 0 bridgehead atoms. The van der Waals surface area contributed by atoms with Crippen molar-refractivity contribution in [2.24, 2.45) is 26.0 Å². The monoisotopic (exact) mass is 523 g/mol. The number of carbonyl (C=O) groups excluding carboxylic acids is 1. The zero-order valence-electron chi connectivity index (χ0n) is 20.3. The molecule has 0 aromatic carbocycles. The van der Waals surface area contributed by atoms with Gasteiger partial charge in [0.05, 0.1) is 12.5 Å². The first kappa shape index (κ1) is 35.3. The Balaban J connectivity index is -0.000000382. The molecule has 34 heavy (non-hydrogen) atoms. The van der Waals surface area contributed by atoms with Crippen LogP contribution in [0, 0.1) is 11.5 Å². The summed E-state index contributed by atoms with van der Waals surface area (Å²) in [6, 6.07) is 5.72. The smallest absolute Gasteiger partial charge is 0.311 e. The van der Waals surface area contributed by atoms with Gasteiger partial charge in [-0.2, -0.15) is 6.42 Å². The zero-order chi connectivity index (χ0) is 25.7. The van der Waals surface area contributed by atoms with Crippen LogP contribution in [0.25, 0.3) is 0 Å². The summed E-state index contributed by atoms with van der Waals surface area (Å²) in [4.78, 5) is 15.0. The maximum Gasteiger partial charge on any atom is 0.311 e. The van der Waals surface area contributed by atoms with Crippen LogP contribution in [0.1, 0.15) is 53.9 Å². The first-order valence-electron chi connectivity index (χ1n) is 9.87. The van der Waals surface area contributed by atoms with Gasteiger partial charge in [-0.25, -0.2) is 0 Å². The van der Waals surface area contributed by atoms with Crippen molar-refractivity contribution >= 4 is 28.8 Å². The third-order valence-electron chi connectivity index (χ3n) is 4.41. The fourth-order valence-corrected chi connectivity index (χ4v) is 1.88. The average Bonchev–Trinajstić information content (AvgIpc) is 2.88. The van der Waals surface area contributed by atoms with Crippen LogP contribution in [0.3, 0.4) is 0 Å². The molecule has 1 aliphatic carbocycles. The molecule has 1 heterocycles. The van der Waals surface area contributed by atoms with Crippen LogP contribution >= 0.6 is 0 Å². The molecule has 4 N–H and O–H groups in total. The van der Waals surface area contributed by atoms with Gasteiger partial charge in [0.25, 0.3) is 0 Å². The molecule has 0 saturated heterocycles. The van der Waals surface area contributed by atoms with Gasteiger partial charge in [-0.1, -0.05) is 39.5 Å². The number of methoxy groups -OCH3 is 1. The number of ether oxygens (including phenoxy) is 1. The molecule has 12 heteroatoms. The van der Waals surface area contributed by atoms with Gasteiger partial charge in [0.15, 0.2) is 0 Å². The van der Waals surface area contributed by atoms with Gasteiger partial charge in [-0.3, -0.25) is 15.9 Å². The number of esters is 1. The molecular weight excluding hydrogens is 489 g/mol. The molecule has 0 aliphatic heterocycles. The second-order valence-electron chi connectivity index (χ2n) is 6.93. The first-order valence-corrected chi connectivity index (χ1v) is 9.87. The number of oxime groups is 4. The summed E-state index contributed by atoms with van der Waals surface area (Å²) < 4.78 is 4.71. The van der Waals surface area contributed by atoms with Gasteiger partial charge in [0, 0.05) is 29.2 Å². The number of carbonyl (C=O) groups is 1. The zero-order valence-corrected chi connectivity index (χ0v) is 21.3. The second kappa shape index (κ2) is 21.6. The summed E-state index contributed by atoms with van der Waals surface area (Å²) in [6.45, 7) is 8.09. The van der Waals surface area contributed by atoms with Crippen molar-refractivity contribution in [3.63, 3.8) is 0 Å². The fourth-order valence-electron chi connectivity index (χ4n) is 1.88. The van der Waals surface area contributed by atoms with Gasteiger partial charge in [-0.15, -0.1) is 0 Å². The Morgan fingerprint density at radius 3 is 1.50 bits per heavy atom. The third-order valence-corrected chi connectivity index (χ3v) is 4.41. The maximum absolute atomic E-state index is 11.2. The van der Waals surface area contributed by atoms with E-state index < -0.39 is 0 Å². The van der Waals surface area contributed by atoms with E-state index in [2.05, 4.69) is 31.7 Å². The van der Waals surface area contributed by atoms with Crippen molar-refractivity contribution in [2.45, 2.75) is 53.9 Å². The SMILES string of the molecule is CC(=N\O)/C(C)=N/O.CC(=N\O)/C(C)=N/O.COC(=O)C1(C)CC=[C-]CC1.[Co].c1ccncc1. The van der Waals surface area contributed by atoms with Crippen LogP contribution < -0.4 is 0 Å². The molecule has 1 aromatic rings. The number of hydrogen-bond donors (Lipinski definition) is 4. The molecule has 1 aliphatic rings. The molecule has 0 saturated carbocycles. The summed E-state index contributed by atoms with van der Waals surface area (Å²) in [5, 5.41) is 43.3. The van der Waals surface area contributed by atoms with E-state index in [4.69, 9.17) is 25.6 Å². The Morgan fingerprint density at radius 1 is 0.882 bits per heavy atom. The van der Waals surface area contributed by atoms with Gasteiger partial charge in [0.1, 0.15) is 22.8 Å². The van der Waals surface area contributed by atoms with E-state index in [-0.39, 0.29) is 28.2 Å². The van der Waals surface area contributed by atoms with Gasteiger partial charge in [0.2, 0.25) is 0 Å². The number of aromatic nitrogens is 1. The van der Waals surface area contributed by atoms with Gasteiger partial charge >= 0.3 is 5.97 Å². The van der Waals surface area contributed by atoms with E-state index in [9.17, 15) is 4.79 Å². The van der Waals surface area contributed by atoms with Gasteiger partial charge < -0.3 is 31.6 Å². The summed E-state index contributed by atoms with van der Waals surface area (Å²) in [6.07, 6.45) is 11.0. The van der Waals surface area contributed by atoms with Gasteiger partial charge in [-0.05, 0) is 46.8 Å².